The van der Waals surface area contributed by atoms with Gasteiger partial charge in [-0.3, -0.25) is 14.4 Å². The summed E-state index contributed by atoms with van der Waals surface area (Å²) in [7, 11) is 1.52. The van der Waals surface area contributed by atoms with Crippen LogP contribution in [0.25, 0.3) is 0 Å². The van der Waals surface area contributed by atoms with Crippen molar-refractivity contribution >= 4 is 17.7 Å². The molecule has 1 aliphatic carbocycles. The first-order valence-electron chi connectivity index (χ1n) is 9.14. The van der Waals surface area contributed by atoms with Crippen LogP contribution in [0.4, 0.5) is 0 Å². The number of methoxy groups -OCH3 is 1. The summed E-state index contributed by atoms with van der Waals surface area (Å²) in [5, 5.41) is 35.6. The van der Waals surface area contributed by atoms with Crippen LogP contribution in [-0.2, 0) is 20.8 Å². The van der Waals surface area contributed by atoms with Crippen molar-refractivity contribution in [3.05, 3.63) is 29.8 Å². The highest BCUT2D eigenvalue weighted by molar-refractivity contribution is 5.91. The highest BCUT2D eigenvalue weighted by Gasteiger charge is 2.49. The van der Waals surface area contributed by atoms with Gasteiger partial charge in [0.15, 0.2) is 0 Å². The van der Waals surface area contributed by atoms with Gasteiger partial charge in [0.25, 0.3) is 5.91 Å². The van der Waals surface area contributed by atoms with Gasteiger partial charge in [-0.05, 0) is 17.7 Å². The molecule has 0 saturated heterocycles. The zero-order valence-electron chi connectivity index (χ0n) is 16.3. The van der Waals surface area contributed by atoms with E-state index < -0.39 is 54.0 Å². The Bertz CT molecular complexity index is 755. The van der Waals surface area contributed by atoms with E-state index in [1.165, 1.54) is 14.0 Å². The van der Waals surface area contributed by atoms with E-state index in [-0.39, 0.29) is 12.8 Å². The van der Waals surface area contributed by atoms with Crippen LogP contribution < -0.4 is 21.1 Å². The Morgan fingerprint density at radius 2 is 1.86 bits per heavy atom. The Labute approximate surface area is 168 Å². The van der Waals surface area contributed by atoms with Gasteiger partial charge in [-0.2, -0.15) is 0 Å². The number of hydrogen-bond donors (Lipinski definition) is 6. The lowest BCUT2D eigenvalue weighted by Crippen LogP contribution is -2.64. The molecule has 0 bridgehead atoms. The number of benzene rings is 1. The van der Waals surface area contributed by atoms with Gasteiger partial charge in [-0.15, -0.1) is 0 Å². The Morgan fingerprint density at radius 3 is 2.38 bits per heavy atom. The number of ether oxygens (including phenoxy) is 1. The summed E-state index contributed by atoms with van der Waals surface area (Å²) >= 11 is 0. The van der Waals surface area contributed by atoms with Crippen LogP contribution in [0.5, 0.6) is 5.75 Å². The van der Waals surface area contributed by atoms with Gasteiger partial charge in [0.2, 0.25) is 11.8 Å². The molecule has 160 valence electrons. The number of nitrogens with two attached hydrogens (primary N) is 1. The fourth-order valence-corrected chi connectivity index (χ4v) is 3.40. The molecule has 2 rings (SSSR count). The molecule has 10 nitrogen and oxygen atoms in total. The Morgan fingerprint density at radius 1 is 1.24 bits per heavy atom. The monoisotopic (exact) mass is 409 g/mol. The van der Waals surface area contributed by atoms with E-state index in [9.17, 15) is 29.7 Å². The highest BCUT2D eigenvalue weighted by Crippen LogP contribution is 2.30. The third kappa shape index (κ3) is 5.66. The minimum atomic E-state index is -2.10. The van der Waals surface area contributed by atoms with Gasteiger partial charge in [0.1, 0.15) is 23.5 Å². The van der Waals surface area contributed by atoms with Crippen molar-refractivity contribution < 1.29 is 34.4 Å². The third-order valence-electron chi connectivity index (χ3n) is 4.97. The molecule has 5 atom stereocenters. The van der Waals surface area contributed by atoms with Gasteiger partial charge >= 0.3 is 0 Å². The first-order valence-corrected chi connectivity index (χ1v) is 9.14. The minimum absolute atomic E-state index is 0.0848. The third-order valence-corrected chi connectivity index (χ3v) is 4.97. The normalized spacial score (nSPS) is 27.6. The number of carbonyl (C=O) groups is 3. The average molecular weight is 409 g/mol. The summed E-state index contributed by atoms with van der Waals surface area (Å²) in [5.41, 5.74) is 4.01. The summed E-state index contributed by atoms with van der Waals surface area (Å²) in [4.78, 5) is 35.9. The number of aliphatic hydroxyl groups excluding tert-OH is 2. The molecule has 0 heterocycles. The summed E-state index contributed by atoms with van der Waals surface area (Å²) < 4.78 is 5.07. The second-order valence-corrected chi connectivity index (χ2v) is 7.29. The van der Waals surface area contributed by atoms with E-state index >= 15 is 0 Å². The van der Waals surface area contributed by atoms with E-state index in [0.717, 1.165) is 0 Å². The van der Waals surface area contributed by atoms with Crippen LogP contribution in [0.3, 0.4) is 0 Å². The SMILES string of the molecule is COc1ccc(C[C@H](NC(=O)[C@@]2(O)C[C@@H](O)[C@H](O)[C@@H](NC(C)=O)C2)C(N)=O)cc1. The highest BCUT2D eigenvalue weighted by atomic mass is 16.5. The molecular weight excluding hydrogens is 382 g/mol. The van der Waals surface area contributed by atoms with E-state index in [4.69, 9.17) is 10.5 Å². The molecule has 1 aromatic rings. The Kier molecular flexibility index (Phi) is 7.17. The maximum Gasteiger partial charge on any atom is 0.252 e. The van der Waals surface area contributed by atoms with Gasteiger partial charge in [0, 0.05) is 26.2 Å². The zero-order chi connectivity index (χ0) is 21.8. The lowest BCUT2D eigenvalue weighted by molar-refractivity contribution is -0.160. The van der Waals surface area contributed by atoms with Crippen LogP contribution in [0.1, 0.15) is 25.3 Å². The molecule has 29 heavy (non-hydrogen) atoms. The number of primary amides is 1. The number of nitrogens with one attached hydrogen (secondary N) is 2. The standard InChI is InChI=1S/C19H27N3O7/c1-10(23)21-14-8-19(28,9-15(24)16(14)25)18(27)22-13(17(20)26)7-11-3-5-12(29-2)6-4-11/h3-6,13-16,24-25,28H,7-9H2,1-2H3,(H2,20,26)(H,21,23)(H,22,27)/t13-,14-,15+,16+,19-/m0/s1. The number of aliphatic hydroxyl groups is 3. The lowest BCUT2D eigenvalue weighted by Gasteiger charge is -2.41. The van der Waals surface area contributed by atoms with Crippen molar-refractivity contribution in [1.82, 2.24) is 10.6 Å². The van der Waals surface area contributed by atoms with Crippen molar-refractivity contribution in [1.29, 1.82) is 0 Å². The Balaban J connectivity index is 2.12. The maximum absolute atomic E-state index is 12.7. The summed E-state index contributed by atoms with van der Waals surface area (Å²) in [5.74, 6) is -1.58. The van der Waals surface area contributed by atoms with Crippen LogP contribution in [0.15, 0.2) is 24.3 Å². The summed E-state index contributed by atoms with van der Waals surface area (Å²) in [6.07, 6.45) is -3.47. The molecule has 1 fully saturated rings. The van der Waals surface area contributed by atoms with Crippen LogP contribution in [0.2, 0.25) is 0 Å². The van der Waals surface area contributed by atoms with Crippen molar-refractivity contribution in [3.63, 3.8) is 0 Å². The molecule has 0 aromatic heterocycles. The zero-order valence-corrected chi connectivity index (χ0v) is 16.3. The molecule has 0 spiro atoms. The largest absolute Gasteiger partial charge is 0.497 e. The van der Waals surface area contributed by atoms with Gasteiger partial charge < -0.3 is 36.4 Å². The number of amides is 3. The number of rotatable bonds is 7. The smallest absolute Gasteiger partial charge is 0.252 e. The van der Waals surface area contributed by atoms with Gasteiger partial charge in [0.05, 0.1) is 19.3 Å². The van der Waals surface area contributed by atoms with Gasteiger partial charge in [-0.25, -0.2) is 0 Å². The minimum Gasteiger partial charge on any atom is -0.497 e. The molecule has 3 amide bonds. The van der Waals surface area contributed by atoms with E-state index in [1.54, 1.807) is 24.3 Å². The van der Waals surface area contributed by atoms with Crippen molar-refractivity contribution in [3.8, 4) is 5.75 Å². The lowest BCUT2D eigenvalue weighted by atomic mass is 9.77. The fraction of sp³-hybridized carbons (Fsp3) is 0.526. The molecule has 0 radical (unpaired) electrons. The first kappa shape index (κ1) is 22.6. The van der Waals surface area contributed by atoms with Crippen LogP contribution >= 0.6 is 0 Å². The molecule has 0 unspecified atom stereocenters. The molecule has 10 heteroatoms. The van der Waals surface area contributed by atoms with Crippen LogP contribution in [0, 0.1) is 0 Å². The molecular formula is C19H27N3O7. The fourth-order valence-electron chi connectivity index (χ4n) is 3.40. The van der Waals surface area contributed by atoms with Crippen LogP contribution in [-0.4, -0.2) is 70.0 Å². The predicted octanol–water partition coefficient (Wildman–Crippen LogP) is -2.04. The van der Waals surface area contributed by atoms with Gasteiger partial charge in [-0.1, -0.05) is 12.1 Å². The van der Waals surface area contributed by atoms with Crippen molar-refractivity contribution in [2.24, 2.45) is 5.73 Å². The van der Waals surface area contributed by atoms with E-state index in [2.05, 4.69) is 10.6 Å². The maximum atomic E-state index is 12.7. The molecule has 1 saturated carbocycles. The van der Waals surface area contributed by atoms with Crippen molar-refractivity contribution in [2.45, 2.75) is 56.1 Å². The quantitative estimate of drug-likeness (QED) is 0.301. The molecule has 7 N–H and O–H groups in total. The topological polar surface area (TPSA) is 171 Å². The molecule has 0 aliphatic heterocycles. The molecule has 1 aromatic carbocycles. The second-order valence-electron chi connectivity index (χ2n) is 7.29. The number of hydrogen-bond acceptors (Lipinski definition) is 7. The average Bonchev–Trinajstić information content (AvgIpc) is 2.65. The summed E-state index contributed by atoms with van der Waals surface area (Å²) in [6.45, 7) is 1.21. The van der Waals surface area contributed by atoms with E-state index in [0.29, 0.717) is 11.3 Å². The van der Waals surface area contributed by atoms with Crippen molar-refractivity contribution in [2.75, 3.05) is 7.11 Å². The second kappa shape index (κ2) is 9.21. The number of carbonyl (C=O) groups excluding carboxylic acids is 3. The molecule has 1 aliphatic rings. The predicted molar refractivity (Wildman–Crippen MR) is 102 cm³/mol. The van der Waals surface area contributed by atoms with E-state index in [1.807, 2.05) is 0 Å². The first-order chi connectivity index (χ1) is 13.6. The summed E-state index contributed by atoms with van der Waals surface area (Å²) in [6, 6.07) is 4.68. The Hall–Kier alpha value is -2.69.